The van der Waals surface area contributed by atoms with Gasteiger partial charge in [-0.3, -0.25) is 14.7 Å². The summed E-state index contributed by atoms with van der Waals surface area (Å²) in [5.74, 6) is -1.02. The number of aromatic nitrogens is 2. The van der Waals surface area contributed by atoms with Crippen molar-refractivity contribution in [3.63, 3.8) is 0 Å². The second-order valence-electron chi connectivity index (χ2n) is 9.48. The maximum absolute atomic E-state index is 14.9. The third-order valence-corrected chi connectivity index (χ3v) is 6.43. The lowest BCUT2D eigenvalue weighted by molar-refractivity contribution is 0.171. The van der Waals surface area contributed by atoms with E-state index in [9.17, 15) is 13.6 Å². The highest BCUT2D eigenvalue weighted by atomic mass is 19.1. The fourth-order valence-electron chi connectivity index (χ4n) is 4.60. The lowest BCUT2D eigenvalue weighted by atomic mass is 10.1. The summed E-state index contributed by atoms with van der Waals surface area (Å²) < 4.78 is 34.5. The van der Waals surface area contributed by atoms with E-state index in [1.807, 2.05) is 0 Å². The highest BCUT2D eigenvalue weighted by molar-refractivity contribution is 6.05. The Morgan fingerprint density at radius 3 is 2.50 bits per heavy atom. The number of halogens is 2. The van der Waals surface area contributed by atoms with Crippen molar-refractivity contribution in [2.75, 3.05) is 41.9 Å². The molecule has 0 spiro atoms. The minimum atomic E-state index is -0.922. The fraction of sp³-hybridized carbons (Fsp3) is 0.577. The number of amides is 2. The maximum Gasteiger partial charge on any atom is 0.330 e. The van der Waals surface area contributed by atoms with Gasteiger partial charge in [0, 0.05) is 36.9 Å². The summed E-state index contributed by atoms with van der Waals surface area (Å²) in [5, 5.41) is 3.24. The Balaban J connectivity index is 1.66. The average Bonchev–Trinajstić information content (AvgIpc) is 2.83. The summed E-state index contributed by atoms with van der Waals surface area (Å²) in [4.78, 5) is 27.1. The lowest BCUT2D eigenvalue weighted by Gasteiger charge is -2.35. The Morgan fingerprint density at radius 2 is 1.86 bits per heavy atom. The smallest absolute Gasteiger partial charge is 0.330 e. The zero-order valence-corrected chi connectivity index (χ0v) is 22.1. The van der Waals surface area contributed by atoms with Crippen molar-refractivity contribution < 1.29 is 18.3 Å². The standard InChI is InChI=1S/C26H38F2N6O2/c1-7-32-24-19(16-34(26(32)35)23-20(27)11-12-21(36-6)22(23)28)15-30-25(31-24)29-13-9-8-10-14-33(17(2)3)18(4)5/h11-12,15,17-18H,7-10,13-14,16H2,1-6H3,(H,29,30,31). The van der Waals surface area contributed by atoms with Crippen LogP contribution in [0.4, 0.5) is 31.0 Å². The Bertz CT molecular complexity index is 1040. The summed E-state index contributed by atoms with van der Waals surface area (Å²) in [7, 11) is 1.29. The molecule has 198 valence electrons. The summed E-state index contributed by atoms with van der Waals surface area (Å²) >= 11 is 0. The molecule has 0 saturated carbocycles. The van der Waals surface area contributed by atoms with Crippen LogP contribution in [0.5, 0.6) is 5.75 Å². The molecule has 36 heavy (non-hydrogen) atoms. The van der Waals surface area contributed by atoms with E-state index >= 15 is 0 Å². The molecule has 1 aromatic heterocycles. The van der Waals surface area contributed by atoms with Gasteiger partial charge in [-0.25, -0.2) is 18.6 Å². The Hall–Kier alpha value is -3.01. The van der Waals surface area contributed by atoms with Gasteiger partial charge < -0.3 is 10.1 Å². The van der Waals surface area contributed by atoms with E-state index in [2.05, 4.69) is 47.9 Å². The molecule has 0 unspecified atom stereocenters. The molecule has 2 aromatic rings. The monoisotopic (exact) mass is 504 g/mol. The first kappa shape index (κ1) is 27.6. The van der Waals surface area contributed by atoms with Crippen LogP contribution in [-0.2, 0) is 6.54 Å². The Labute approximate surface area is 212 Å². The van der Waals surface area contributed by atoms with Gasteiger partial charge in [-0.15, -0.1) is 0 Å². The number of hydrogen-bond donors (Lipinski definition) is 1. The molecule has 8 nitrogen and oxygen atoms in total. The number of benzene rings is 1. The molecule has 1 aromatic carbocycles. The van der Waals surface area contributed by atoms with Crippen molar-refractivity contribution >= 4 is 23.5 Å². The van der Waals surface area contributed by atoms with Crippen molar-refractivity contribution in [3.05, 3.63) is 35.5 Å². The van der Waals surface area contributed by atoms with Crippen LogP contribution in [0, 0.1) is 11.6 Å². The number of urea groups is 1. The quantitative estimate of drug-likeness (QED) is 0.389. The van der Waals surface area contributed by atoms with Crippen molar-refractivity contribution in [1.82, 2.24) is 14.9 Å². The molecule has 0 aliphatic carbocycles. The van der Waals surface area contributed by atoms with Crippen molar-refractivity contribution in [1.29, 1.82) is 0 Å². The van der Waals surface area contributed by atoms with Gasteiger partial charge in [-0.1, -0.05) is 6.42 Å². The molecule has 1 aliphatic heterocycles. The van der Waals surface area contributed by atoms with Crippen molar-refractivity contribution in [2.45, 2.75) is 72.5 Å². The third kappa shape index (κ3) is 6.03. The average molecular weight is 505 g/mol. The van der Waals surface area contributed by atoms with Crippen LogP contribution < -0.4 is 19.9 Å². The zero-order chi connectivity index (χ0) is 26.4. The number of rotatable bonds is 12. The number of carbonyl (C=O) groups excluding carboxylic acids is 1. The maximum atomic E-state index is 14.9. The first-order valence-electron chi connectivity index (χ1n) is 12.7. The van der Waals surface area contributed by atoms with Crippen LogP contribution in [0.3, 0.4) is 0 Å². The number of hydrogen-bond acceptors (Lipinski definition) is 6. The predicted molar refractivity (Wildman–Crippen MR) is 139 cm³/mol. The zero-order valence-electron chi connectivity index (χ0n) is 22.1. The predicted octanol–water partition coefficient (Wildman–Crippen LogP) is 5.43. The first-order valence-corrected chi connectivity index (χ1v) is 12.7. The van der Waals surface area contributed by atoms with Gasteiger partial charge in [0.1, 0.15) is 17.3 Å². The molecule has 3 rings (SSSR count). The van der Waals surface area contributed by atoms with Crippen LogP contribution in [0.1, 0.15) is 59.4 Å². The summed E-state index contributed by atoms with van der Waals surface area (Å²) in [6.45, 7) is 12.7. The molecular weight excluding hydrogens is 466 g/mol. The minimum Gasteiger partial charge on any atom is -0.494 e. The van der Waals surface area contributed by atoms with E-state index < -0.39 is 23.4 Å². The van der Waals surface area contributed by atoms with E-state index in [1.165, 1.54) is 18.1 Å². The van der Waals surface area contributed by atoms with E-state index in [-0.39, 0.29) is 18.8 Å². The van der Waals surface area contributed by atoms with Crippen LogP contribution in [0.25, 0.3) is 0 Å². The van der Waals surface area contributed by atoms with Gasteiger partial charge in [-0.2, -0.15) is 4.98 Å². The van der Waals surface area contributed by atoms with Gasteiger partial charge in [0.05, 0.1) is 13.7 Å². The molecule has 10 heteroatoms. The van der Waals surface area contributed by atoms with Gasteiger partial charge in [0.25, 0.3) is 0 Å². The van der Waals surface area contributed by atoms with Crippen LogP contribution in [0.15, 0.2) is 18.3 Å². The van der Waals surface area contributed by atoms with Gasteiger partial charge in [-0.05, 0) is 66.1 Å². The second-order valence-corrected chi connectivity index (χ2v) is 9.48. The Kier molecular flexibility index (Phi) is 9.42. The van der Waals surface area contributed by atoms with E-state index in [4.69, 9.17) is 4.74 Å². The molecule has 0 atom stereocenters. The lowest BCUT2D eigenvalue weighted by Crippen LogP contribution is -2.48. The highest BCUT2D eigenvalue weighted by Gasteiger charge is 2.35. The molecule has 0 saturated heterocycles. The molecular formula is C26H38F2N6O2. The molecule has 2 amide bonds. The van der Waals surface area contributed by atoms with E-state index in [1.54, 1.807) is 13.1 Å². The first-order chi connectivity index (χ1) is 17.2. The number of ether oxygens (including phenoxy) is 1. The number of nitrogens with one attached hydrogen (secondary N) is 1. The minimum absolute atomic E-state index is 0.0475. The number of fused-ring (bicyclic) bond motifs is 1. The van der Waals surface area contributed by atoms with Gasteiger partial charge in [0.15, 0.2) is 11.6 Å². The SMILES string of the molecule is CCN1C(=O)N(c2c(F)ccc(OC)c2F)Cc2cnc(NCCCCCN(C(C)C)C(C)C)nc21. The number of nitrogens with zero attached hydrogens (tertiary/aromatic N) is 5. The van der Waals surface area contributed by atoms with Crippen molar-refractivity contribution in [2.24, 2.45) is 0 Å². The molecule has 1 aliphatic rings. The van der Waals surface area contributed by atoms with Crippen LogP contribution in [0.2, 0.25) is 0 Å². The van der Waals surface area contributed by atoms with Crippen LogP contribution >= 0.6 is 0 Å². The largest absolute Gasteiger partial charge is 0.494 e. The topological polar surface area (TPSA) is 73.8 Å². The summed E-state index contributed by atoms with van der Waals surface area (Å²) in [5.41, 5.74) is 0.158. The third-order valence-electron chi connectivity index (χ3n) is 6.43. The number of unbranched alkanes of at least 4 members (excludes halogenated alkanes) is 2. The normalized spacial score (nSPS) is 13.7. The second kappa shape index (κ2) is 12.3. The molecule has 2 heterocycles. The summed E-state index contributed by atoms with van der Waals surface area (Å²) in [6, 6.07) is 2.79. The number of methoxy groups -OCH3 is 1. The van der Waals surface area contributed by atoms with Crippen LogP contribution in [-0.4, -0.2) is 59.7 Å². The van der Waals surface area contributed by atoms with Crippen molar-refractivity contribution in [3.8, 4) is 5.75 Å². The van der Waals surface area contributed by atoms with Gasteiger partial charge >= 0.3 is 6.03 Å². The number of anilines is 3. The molecule has 0 radical (unpaired) electrons. The fourth-order valence-corrected chi connectivity index (χ4v) is 4.60. The Morgan fingerprint density at radius 1 is 1.14 bits per heavy atom. The molecule has 1 N–H and O–H groups in total. The van der Waals surface area contributed by atoms with E-state index in [0.717, 1.165) is 36.8 Å². The van der Waals surface area contributed by atoms with Gasteiger partial charge in [0.2, 0.25) is 5.95 Å². The van der Waals surface area contributed by atoms with E-state index in [0.29, 0.717) is 36.0 Å². The number of carbonyl (C=O) groups is 1. The summed E-state index contributed by atoms with van der Waals surface area (Å²) in [6.07, 6.45) is 4.78. The molecule has 0 fully saturated rings. The molecule has 0 bridgehead atoms. The highest BCUT2D eigenvalue weighted by Crippen LogP contribution is 2.36.